The van der Waals surface area contributed by atoms with Gasteiger partial charge < -0.3 is 11.1 Å². The highest BCUT2D eigenvalue weighted by atomic mass is 16.2. The van der Waals surface area contributed by atoms with Gasteiger partial charge in [-0.25, -0.2) is 0 Å². The third-order valence-corrected chi connectivity index (χ3v) is 4.93. The van der Waals surface area contributed by atoms with Crippen LogP contribution in [0.3, 0.4) is 0 Å². The van der Waals surface area contributed by atoms with Crippen LogP contribution >= 0.6 is 0 Å². The number of hydrogen-bond donors (Lipinski definition) is 2. The number of hydrogen-bond acceptors (Lipinski definition) is 3. The Morgan fingerprint density at radius 3 is 2.32 bits per heavy atom. The summed E-state index contributed by atoms with van der Waals surface area (Å²) in [5.74, 6) is 1.97. The van der Waals surface area contributed by atoms with E-state index in [-0.39, 0.29) is 23.8 Å². The molecule has 5 heteroatoms. The van der Waals surface area contributed by atoms with Crippen molar-refractivity contribution in [3.8, 4) is 0 Å². The molecule has 0 aromatic heterocycles. The van der Waals surface area contributed by atoms with E-state index in [1.54, 1.807) is 0 Å². The summed E-state index contributed by atoms with van der Waals surface area (Å²) in [5.41, 5.74) is 5.19. The minimum atomic E-state index is -0.271. The Bertz CT molecular complexity index is 367. The van der Waals surface area contributed by atoms with Gasteiger partial charge >= 0.3 is 0 Å². The van der Waals surface area contributed by atoms with Crippen LogP contribution in [0.15, 0.2) is 0 Å². The fourth-order valence-corrected chi connectivity index (χ4v) is 3.70. The van der Waals surface area contributed by atoms with E-state index < -0.39 is 0 Å². The number of primary amides is 1. The normalized spacial score (nSPS) is 34.8. The molecule has 1 heterocycles. The predicted octanol–water partition coefficient (Wildman–Crippen LogP) is 0.0984. The first-order valence-electron chi connectivity index (χ1n) is 7.43. The first-order chi connectivity index (χ1) is 9.11. The number of nitrogens with one attached hydrogen (secondary N) is 1. The lowest BCUT2D eigenvalue weighted by Gasteiger charge is -2.32. The van der Waals surface area contributed by atoms with Gasteiger partial charge in [0.1, 0.15) is 0 Å². The Morgan fingerprint density at radius 2 is 1.74 bits per heavy atom. The molecule has 0 bridgehead atoms. The molecule has 1 aliphatic heterocycles. The van der Waals surface area contributed by atoms with Crippen LogP contribution in [0, 0.1) is 17.8 Å². The van der Waals surface area contributed by atoms with Gasteiger partial charge in [-0.05, 0) is 43.9 Å². The van der Waals surface area contributed by atoms with E-state index in [9.17, 15) is 9.59 Å². The number of amides is 2. The molecule has 0 aromatic carbocycles. The Kier molecular flexibility index (Phi) is 3.48. The molecule has 19 heavy (non-hydrogen) atoms. The van der Waals surface area contributed by atoms with Gasteiger partial charge in [0.05, 0.1) is 6.54 Å². The summed E-state index contributed by atoms with van der Waals surface area (Å²) in [5, 5.41) is 3.19. The van der Waals surface area contributed by atoms with E-state index in [0.29, 0.717) is 6.54 Å². The first-order valence-corrected chi connectivity index (χ1v) is 7.43. The lowest BCUT2D eigenvalue weighted by Crippen LogP contribution is -2.47. The zero-order valence-corrected chi connectivity index (χ0v) is 11.3. The lowest BCUT2D eigenvalue weighted by atomic mass is 10.00. The van der Waals surface area contributed by atoms with Crippen LogP contribution in [0.5, 0.6) is 0 Å². The number of rotatable bonds is 4. The number of likely N-dealkylation sites (tertiary alicyclic amines) is 1. The van der Waals surface area contributed by atoms with Gasteiger partial charge in [0, 0.05) is 25.0 Å². The second-order valence-electron chi connectivity index (χ2n) is 6.45. The minimum absolute atomic E-state index is 0.264. The van der Waals surface area contributed by atoms with Crippen LogP contribution in [-0.4, -0.2) is 42.4 Å². The molecular formula is C14H23N3O2. The number of carbonyl (C=O) groups is 2. The molecule has 3 rings (SSSR count). The fraction of sp³-hybridized carbons (Fsp3) is 0.857. The van der Waals surface area contributed by atoms with Crippen molar-refractivity contribution < 1.29 is 9.59 Å². The monoisotopic (exact) mass is 265 g/mol. The van der Waals surface area contributed by atoms with Crippen molar-refractivity contribution >= 4 is 11.8 Å². The SMILES string of the molecule is NC(=O)CN1CCC(NC(=O)C2CC3CC3C2)CC1. The topological polar surface area (TPSA) is 75.4 Å². The summed E-state index contributed by atoms with van der Waals surface area (Å²) in [6.45, 7) is 2.04. The maximum Gasteiger partial charge on any atom is 0.231 e. The predicted molar refractivity (Wildman–Crippen MR) is 71.1 cm³/mol. The molecule has 2 aliphatic carbocycles. The Balaban J connectivity index is 1.39. The van der Waals surface area contributed by atoms with E-state index in [4.69, 9.17) is 5.73 Å². The van der Waals surface area contributed by atoms with Crippen molar-refractivity contribution in [2.75, 3.05) is 19.6 Å². The molecule has 2 saturated carbocycles. The summed E-state index contributed by atoms with van der Waals surface area (Å²) in [6, 6.07) is 0.286. The van der Waals surface area contributed by atoms with Crippen molar-refractivity contribution in [2.24, 2.45) is 23.5 Å². The van der Waals surface area contributed by atoms with Crippen LogP contribution in [0.4, 0.5) is 0 Å². The van der Waals surface area contributed by atoms with Crippen LogP contribution in [-0.2, 0) is 9.59 Å². The molecule has 0 aromatic rings. The van der Waals surface area contributed by atoms with Crippen molar-refractivity contribution in [1.82, 2.24) is 10.2 Å². The Hall–Kier alpha value is -1.10. The lowest BCUT2D eigenvalue weighted by molar-refractivity contribution is -0.126. The van der Waals surface area contributed by atoms with Crippen molar-refractivity contribution in [1.29, 1.82) is 0 Å². The molecule has 2 amide bonds. The summed E-state index contributed by atoms with van der Waals surface area (Å²) in [7, 11) is 0. The first kappa shape index (κ1) is 12.9. The van der Waals surface area contributed by atoms with E-state index in [2.05, 4.69) is 10.2 Å². The number of fused-ring (bicyclic) bond motifs is 1. The van der Waals surface area contributed by atoms with Gasteiger partial charge in [-0.15, -0.1) is 0 Å². The van der Waals surface area contributed by atoms with Crippen molar-refractivity contribution in [3.63, 3.8) is 0 Å². The fourth-order valence-electron chi connectivity index (χ4n) is 3.70. The van der Waals surface area contributed by atoms with Gasteiger partial charge in [0.15, 0.2) is 0 Å². The summed E-state index contributed by atoms with van der Waals surface area (Å²) < 4.78 is 0. The molecular weight excluding hydrogens is 242 g/mol. The molecule has 0 spiro atoms. The number of carbonyl (C=O) groups excluding carboxylic acids is 2. The quantitative estimate of drug-likeness (QED) is 0.757. The summed E-state index contributed by atoms with van der Waals surface area (Å²) >= 11 is 0. The molecule has 3 fully saturated rings. The average molecular weight is 265 g/mol. The highest BCUT2D eigenvalue weighted by Crippen LogP contribution is 2.54. The largest absolute Gasteiger partial charge is 0.369 e. The minimum Gasteiger partial charge on any atom is -0.369 e. The standard InChI is InChI=1S/C14H23N3O2/c15-13(18)8-17-3-1-12(2-4-17)16-14(19)11-6-9-5-10(9)7-11/h9-12H,1-8H2,(H2,15,18)(H,16,19). The molecule has 106 valence electrons. The van der Waals surface area contributed by atoms with E-state index in [1.807, 2.05) is 0 Å². The highest BCUT2D eigenvalue weighted by Gasteiger charge is 2.48. The van der Waals surface area contributed by atoms with Gasteiger partial charge in [-0.3, -0.25) is 14.5 Å². The molecule has 2 unspecified atom stereocenters. The number of nitrogens with zero attached hydrogens (tertiary/aromatic N) is 1. The number of nitrogens with two attached hydrogens (primary N) is 1. The van der Waals surface area contributed by atoms with Crippen LogP contribution in [0.1, 0.15) is 32.1 Å². The molecule has 3 N–H and O–H groups in total. The Morgan fingerprint density at radius 1 is 1.11 bits per heavy atom. The van der Waals surface area contributed by atoms with E-state index in [0.717, 1.165) is 50.6 Å². The molecule has 5 nitrogen and oxygen atoms in total. The van der Waals surface area contributed by atoms with E-state index in [1.165, 1.54) is 6.42 Å². The third-order valence-electron chi connectivity index (χ3n) is 4.93. The summed E-state index contributed by atoms with van der Waals surface area (Å²) in [4.78, 5) is 25.1. The van der Waals surface area contributed by atoms with Gasteiger partial charge in [-0.2, -0.15) is 0 Å². The maximum absolute atomic E-state index is 12.1. The van der Waals surface area contributed by atoms with Crippen LogP contribution < -0.4 is 11.1 Å². The smallest absolute Gasteiger partial charge is 0.231 e. The zero-order valence-electron chi connectivity index (χ0n) is 11.3. The van der Waals surface area contributed by atoms with Crippen LogP contribution in [0.25, 0.3) is 0 Å². The third kappa shape index (κ3) is 3.08. The highest BCUT2D eigenvalue weighted by molar-refractivity contribution is 5.79. The molecule has 1 saturated heterocycles. The van der Waals surface area contributed by atoms with E-state index >= 15 is 0 Å². The molecule has 0 radical (unpaired) electrons. The Labute approximate surface area is 113 Å². The van der Waals surface area contributed by atoms with Crippen molar-refractivity contribution in [2.45, 2.75) is 38.1 Å². The number of piperidine rings is 1. The van der Waals surface area contributed by atoms with Crippen molar-refractivity contribution in [3.05, 3.63) is 0 Å². The zero-order chi connectivity index (χ0) is 13.4. The van der Waals surface area contributed by atoms with Gasteiger partial charge in [0.2, 0.25) is 11.8 Å². The summed E-state index contributed by atoms with van der Waals surface area (Å²) in [6.07, 6.45) is 5.43. The average Bonchev–Trinajstić information content (AvgIpc) is 2.98. The second-order valence-corrected chi connectivity index (χ2v) is 6.45. The second kappa shape index (κ2) is 5.12. The molecule has 3 aliphatic rings. The molecule has 2 atom stereocenters. The van der Waals surface area contributed by atoms with Crippen LogP contribution in [0.2, 0.25) is 0 Å². The van der Waals surface area contributed by atoms with Gasteiger partial charge in [0.25, 0.3) is 0 Å². The maximum atomic E-state index is 12.1. The van der Waals surface area contributed by atoms with Gasteiger partial charge in [-0.1, -0.05) is 0 Å².